The second-order valence-electron chi connectivity index (χ2n) is 7.90. The van der Waals surface area contributed by atoms with Crippen molar-refractivity contribution in [1.82, 2.24) is 20.2 Å². The first kappa shape index (κ1) is 22.2. The number of hydrogen-bond acceptors (Lipinski definition) is 5. The number of nitrogens with one attached hydrogen (secondary N) is 1. The Balaban J connectivity index is 1.31. The third-order valence-electron chi connectivity index (χ3n) is 5.76. The Hall–Kier alpha value is -2.96. The fourth-order valence-corrected chi connectivity index (χ4v) is 4.06. The maximum Gasteiger partial charge on any atom is 0.224 e. The lowest BCUT2D eigenvalue weighted by atomic mass is 9.94. The molecule has 3 heterocycles. The number of likely N-dealkylation sites (tertiary alicyclic amines) is 1. The minimum atomic E-state index is -0.298. The van der Waals surface area contributed by atoms with Crippen LogP contribution in [0.3, 0.4) is 0 Å². The van der Waals surface area contributed by atoms with Gasteiger partial charge in [0.25, 0.3) is 0 Å². The van der Waals surface area contributed by atoms with Crippen LogP contribution in [0.15, 0.2) is 73.2 Å². The van der Waals surface area contributed by atoms with Crippen molar-refractivity contribution < 1.29 is 9.53 Å². The number of rotatable bonds is 8. The zero-order valence-corrected chi connectivity index (χ0v) is 18.6. The van der Waals surface area contributed by atoms with E-state index >= 15 is 0 Å². The molecule has 2 aromatic heterocycles. The third-order valence-corrected chi connectivity index (χ3v) is 6.01. The predicted molar refractivity (Wildman–Crippen MR) is 125 cm³/mol. The summed E-state index contributed by atoms with van der Waals surface area (Å²) in [6, 6.07) is 16.7. The quantitative estimate of drug-likeness (QED) is 0.559. The highest BCUT2D eigenvalue weighted by atomic mass is 35.5. The molecule has 1 aliphatic heterocycles. The van der Waals surface area contributed by atoms with E-state index in [9.17, 15) is 4.79 Å². The Bertz CT molecular complexity index is 978. The van der Waals surface area contributed by atoms with E-state index in [2.05, 4.69) is 20.2 Å². The van der Waals surface area contributed by atoms with Crippen molar-refractivity contribution in [1.29, 1.82) is 0 Å². The van der Waals surface area contributed by atoms with Gasteiger partial charge in [0.2, 0.25) is 5.91 Å². The summed E-state index contributed by atoms with van der Waals surface area (Å²) in [4.78, 5) is 23.9. The first-order valence-electron chi connectivity index (χ1n) is 10.9. The molecule has 1 aliphatic rings. The molecule has 0 unspecified atom stereocenters. The number of piperidine rings is 1. The van der Waals surface area contributed by atoms with Crippen LogP contribution in [-0.4, -0.2) is 47.0 Å². The minimum Gasteiger partial charge on any atom is -0.492 e. The highest BCUT2D eigenvalue weighted by Gasteiger charge is 2.27. The van der Waals surface area contributed by atoms with Crippen LogP contribution >= 0.6 is 11.6 Å². The Labute approximate surface area is 193 Å². The van der Waals surface area contributed by atoms with Crippen LogP contribution in [0.2, 0.25) is 5.02 Å². The number of pyridine rings is 2. The van der Waals surface area contributed by atoms with Crippen molar-refractivity contribution >= 4 is 17.5 Å². The summed E-state index contributed by atoms with van der Waals surface area (Å²) in [6.07, 6.45) is 6.85. The molecule has 1 N–H and O–H groups in total. The van der Waals surface area contributed by atoms with Gasteiger partial charge in [-0.15, -0.1) is 0 Å². The standard InChI is InChI=1S/C25H27ClN4O2/c26-21-6-4-19(5-7-21)24(23-3-1-2-12-28-23)29-25(31)20-10-15-30(16-11-20)17-18-32-22-8-13-27-14-9-22/h1-9,12-14,20,24H,10-11,15-18H2,(H,29,31)/t24-/m0/s1. The SMILES string of the molecule is O=C(N[C@@H](c1ccc(Cl)cc1)c1ccccn1)C1CCN(CCOc2ccncc2)CC1. The molecule has 3 aromatic rings. The van der Waals surface area contributed by atoms with E-state index in [1.807, 2.05) is 54.6 Å². The fraction of sp³-hybridized carbons (Fsp3) is 0.320. The predicted octanol–water partition coefficient (Wildman–Crippen LogP) is 4.13. The lowest BCUT2D eigenvalue weighted by Gasteiger charge is -2.32. The van der Waals surface area contributed by atoms with Crippen molar-refractivity contribution in [3.8, 4) is 5.75 Å². The van der Waals surface area contributed by atoms with Crippen LogP contribution in [0, 0.1) is 5.92 Å². The van der Waals surface area contributed by atoms with Crippen LogP contribution < -0.4 is 10.1 Å². The fourth-order valence-electron chi connectivity index (χ4n) is 3.94. The molecular weight excluding hydrogens is 424 g/mol. The number of halogens is 1. The monoisotopic (exact) mass is 450 g/mol. The summed E-state index contributed by atoms with van der Waals surface area (Å²) in [7, 11) is 0. The number of carbonyl (C=O) groups is 1. The maximum absolute atomic E-state index is 13.1. The summed E-state index contributed by atoms with van der Waals surface area (Å²) in [5.41, 5.74) is 1.78. The Morgan fingerprint density at radius 3 is 2.50 bits per heavy atom. The van der Waals surface area contributed by atoms with Gasteiger partial charge in [-0.2, -0.15) is 0 Å². The van der Waals surface area contributed by atoms with Crippen LogP contribution in [-0.2, 0) is 4.79 Å². The highest BCUT2D eigenvalue weighted by Crippen LogP contribution is 2.24. The van der Waals surface area contributed by atoms with Crippen molar-refractivity contribution in [3.63, 3.8) is 0 Å². The summed E-state index contributed by atoms with van der Waals surface area (Å²) in [5.74, 6) is 0.895. The zero-order valence-electron chi connectivity index (χ0n) is 17.9. The van der Waals surface area contributed by atoms with Gasteiger partial charge in [0.15, 0.2) is 0 Å². The van der Waals surface area contributed by atoms with E-state index in [0.29, 0.717) is 11.6 Å². The molecule has 1 atom stereocenters. The van der Waals surface area contributed by atoms with Gasteiger partial charge in [0, 0.05) is 36.1 Å². The molecule has 0 aliphatic carbocycles. The Morgan fingerprint density at radius 2 is 1.81 bits per heavy atom. The molecule has 1 saturated heterocycles. The van der Waals surface area contributed by atoms with Crippen molar-refractivity contribution in [2.24, 2.45) is 5.92 Å². The van der Waals surface area contributed by atoms with E-state index < -0.39 is 0 Å². The lowest BCUT2D eigenvalue weighted by molar-refractivity contribution is -0.127. The largest absolute Gasteiger partial charge is 0.492 e. The highest BCUT2D eigenvalue weighted by molar-refractivity contribution is 6.30. The van der Waals surface area contributed by atoms with Crippen LogP contribution in [0.5, 0.6) is 5.75 Å². The molecule has 166 valence electrons. The summed E-state index contributed by atoms with van der Waals surface area (Å²) >= 11 is 6.06. The number of carbonyl (C=O) groups excluding carboxylic acids is 1. The van der Waals surface area contributed by atoms with Gasteiger partial charge in [-0.1, -0.05) is 29.8 Å². The average Bonchev–Trinajstić information content (AvgIpc) is 2.85. The maximum atomic E-state index is 13.1. The molecule has 0 spiro atoms. The van der Waals surface area contributed by atoms with Crippen LogP contribution in [0.25, 0.3) is 0 Å². The first-order chi connectivity index (χ1) is 15.7. The van der Waals surface area contributed by atoms with E-state index in [-0.39, 0.29) is 17.9 Å². The Kier molecular flexibility index (Phi) is 7.69. The smallest absolute Gasteiger partial charge is 0.224 e. The molecule has 0 radical (unpaired) electrons. The number of ether oxygens (including phenoxy) is 1. The number of aromatic nitrogens is 2. The van der Waals surface area contributed by atoms with Gasteiger partial charge >= 0.3 is 0 Å². The molecule has 7 heteroatoms. The van der Waals surface area contributed by atoms with E-state index in [1.165, 1.54) is 0 Å². The number of hydrogen-bond donors (Lipinski definition) is 1. The third kappa shape index (κ3) is 6.05. The second-order valence-corrected chi connectivity index (χ2v) is 8.33. The van der Waals surface area contributed by atoms with Crippen LogP contribution in [0.4, 0.5) is 0 Å². The summed E-state index contributed by atoms with van der Waals surface area (Å²) in [5, 5.41) is 3.89. The first-order valence-corrected chi connectivity index (χ1v) is 11.3. The molecule has 32 heavy (non-hydrogen) atoms. The normalized spacial score (nSPS) is 15.8. The van der Waals surface area contributed by atoms with Gasteiger partial charge in [-0.3, -0.25) is 19.7 Å². The van der Waals surface area contributed by atoms with E-state index in [1.54, 1.807) is 18.6 Å². The number of amides is 1. The van der Waals surface area contributed by atoms with Gasteiger partial charge in [-0.05, 0) is 67.9 Å². The van der Waals surface area contributed by atoms with E-state index in [4.69, 9.17) is 16.3 Å². The number of benzene rings is 1. The molecule has 1 amide bonds. The summed E-state index contributed by atoms with van der Waals surface area (Å²) in [6.45, 7) is 3.23. The molecule has 1 aromatic carbocycles. The topological polar surface area (TPSA) is 67.4 Å². The molecule has 4 rings (SSSR count). The molecule has 0 bridgehead atoms. The molecule has 0 saturated carbocycles. The zero-order chi connectivity index (χ0) is 22.2. The van der Waals surface area contributed by atoms with E-state index in [0.717, 1.165) is 49.5 Å². The van der Waals surface area contributed by atoms with Gasteiger partial charge in [-0.25, -0.2) is 0 Å². The lowest BCUT2D eigenvalue weighted by Crippen LogP contribution is -2.42. The minimum absolute atomic E-state index is 0.00845. The second kappa shape index (κ2) is 11.1. The molecule has 6 nitrogen and oxygen atoms in total. The molecule has 1 fully saturated rings. The van der Waals surface area contributed by atoms with Crippen LogP contribution in [0.1, 0.15) is 30.1 Å². The Morgan fingerprint density at radius 1 is 1.06 bits per heavy atom. The van der Waals surface area contributed by atoms with Crippen molar-refractivity contribution in [2.75, 3.05) is 26.2 Å². The van der Waals surface area contributed by atoms with Crippen molar-refractivity contribution in [3.05, 3.63) is 89.5 Å². The average molecular weight is 451 g/mol. The summed E-state index contributed by atoms with van der Waals surface area (Å²) < 4.78 is 5.76. The van der Waals surface area contributed by atoms with Gasteiger partial charge in [0.05, 0.1) is 11.7 Å². The molecular formula is C25H27ClN4O2. The van der Waals surface area contributed by atoms with Gasteiger partial charge in [0.1, 0.15) is 12.4 Å². The van der Waals surface area contributed by atoms with Crippen molar-refractivity contribution in [2.45, 2.75) is 18.9 Å². The van der Waals surface area contributed by atoms with Gasteiger partial charge < -0.3 is 10.1 Å². The number of nitrogens with zero attached hydrogens (tertiary/aromatic N) is 3.